The van der Waals surface area contributed by atoms with Gasteiger partial charge < -0.3 is 4.74 Å². The molecular formula is C23H20N2OS2. The lowest BCUT2D eigenvalue weighted by molar-refractivity contribution is 0.323. The molecule has 0 unspecified atom stereocenters. The van der Waals surface area contributed by atoms with E-state index in [2.05, 4.69) is 55.5 Å². The second kappa shape index (κ2) is 7.22. The summed E-state index contributed by atoms with van der Waals surface area (Å²) in [5, 5.41) is 1.33. The first-order valence-corrected chi connectivity index (χ1v) is 11.3. The zero-order chi connectivity index (χ0) is 19.1. The van der Waals surface area contributed by atoms with E-state index in [1.807, 2.05) is 30.0 Å². The van der Waals surface area contributed by atoms with Gasteiger partial charge in [0.05, 0.1) is 17.2 Å². The topological polar surface area (TPSA) is 35.0 Å². The highest BCUT2D eigenvalue weighted by Gasteiger charge is 2.26. The Morgan fingerprint density at radius 2 is 1.86 bits per heavy atom. The van der Waals surface area contributed by atoms with Gasteiger partial charge in [-0.15, -0.1) is 23.1 Å². The maximum Gasteiger partial charge on any atom is 0.220 e. The Labute approximate surface area is 172 Å². The first-order chi connectivity index (χ1) is 13.7. The average Bonchev–Trinajstić information content (AvgIpc) is 2.98. The highest BCUT2D eigenvalue weighted by molar-refractivity contribution is 7.99. The van der Waals surface area contributed by atoms with Gasteiger partial charge in [0.25, 0.3) is 0 Å². The molecule has 4 aromatic rings. The highest BCUT2D eigenvalue weighted by atomic mass is 32.2. The number of nitrogens with zero attached hydrogens (tertiary/aromatic N) is 2. The summed E-state index contributed by atoms with van der Waals surface area (Å²) in [4.78, 5) is 12.5. The lowest BCUT2D eigenvalue weighted by atomic mass is 10.1. The molecule has 0 aliphatic carbocycles. The normalized spacial score (nSPS) is 13.1. The van der Waals surface area contributed by atoms with Crippen LogP contribution in [0.2, 0.25) is 0 Å². The molecule has 3 heterocycles. The van der Waals surface area contributed by atoms with E-state index >= 15 is 0 Å². The number of hydrogen-bond donors (Lipinski definition) is 0. The lowest BCUT2D eigenvalue weighted by Crippen LogP contribution is -2.05. The molecule has 2 aromatic carbocycles. The summed E-state index contributed by atoms with van der Waals surface area (Å²) in [6, 6.07) is 17.0. The number of thiophene rings is 1. The fraction of sp³-hybridized carbons (Fsp3) is 0.217. The van der Waals surface area contributed by atoms with Gasteiger partial charge in [0.15, 0.2) is 5.82 Å². The van der Waals surface area contributed by atoms with Gasteiger partial charge in [-0.25, -0.2) is 4.98 Å². The number of aromatic nitrogens is 2. The molecule has 140 valence electrons. The molecule has 0 bridgehead atoms. The van der Waals surface area contributed by atoms with Gasteiger partial charge in [0.2, 0.25) is 5.88 Å². The van der Waals surface area contributed by atoms with Gasteiger partial charge in [-0.2, -0.15) is 4.98 Å². The van der Waals surface area contributed by atoms with E-state index in [-0.39, 0.29) is 0 Å². The molecule has 0 fully saturated rings. The zero-order valence-electron chi connectivity index (χ0n) is 15.9. The molecule has 5 rings (SSSR count). The van der Waals surface area contributed by atoms with Crippen LogP contribution >= 0.6 is 23.1 Å². The number of aryl methyl sites for hydroxylation is 1. The summed E-state index contributed by atoms with van der Waals surface area (Å²) in [5.74, 6) is 2.47. The molecule has 0 spiro atoms. The Morgan fingerprint density at radius 1 is 1.04 bits per heavy atom. The molecule has 0 atom stereocenters. The van der Waals surface area contributed by atoms with E-state index < -0.39 is 0 Å². The number of thioether (sulfide) groups is 1. The Morgan fingerprint density at radius 3 is 2.68 bits per heavy atom. The second-order valence-electron chi connectivity index (χ2n) is 6.83. The van der Waals surface area contributed by atoms with Crippen molar-refractivity contribution in [1.82, 2.24) is 9.97 Å². The molecular weight excluding hydrogens is 384 g/mol. The van der Waals surface area contributed by atoms with Crippen molar-refractivity contribution in [3.8, 4) is 27.8 Å². The fourth-order valence-corrected chi connectivity index (χ4v) is 6.09. The predicted molar refractivity (Wildman–Crippen MR) is 119 cm³/mol. The highest BCUT2D eigenvalue weighted by Crippen LogP contribution is 2.48. The summed E-state index contributed by atoms with van der Waals surface area (Å²) in [6.07, 6.45) is 0.916. The number of rotatable bonds is 3. The molecule has 0 amide bonds. The maximum atomic E-state index is 5.98. The standard InChI is InChI=1S/C23H20N2OS2/c1-3-26-23-17-12-13-27-20-16-6-4-5-7-18(16)28-21(20)19(17)24-22(25-23)15-10-8-14(2)9-11-15/h4-11H,3,12-13H2,1-2H3. The monoisotopic (exact) mass is 404 g/mol. The van der Waals surface area contributed by atoms with Crippen molar-refractivity contribution in [3.05, 3.63) is 59.7 Å². The smallest absolute Gasteiger partial charge is 0.220 e. The molecule has 3 nitrogen and oxygen atoms in total. The van der Waals surface area contributed by atoms with Crippen molar-refractivity contribution < 1.29 is 4.74 Å². The van der Waals surface area contributed by atoms with Gasteiger partial charge in [-0.05, 0) is 26.3 Å². The molecule has 5 heteroatoms. The maximum absolute atomic E-state index is 5.98. The van der Waals surface area contributed by atoms with E-state index in [0.29, 0.717) is 6.61 Å². The molecule has 0 radical (unpaired) electrons. The van der Waals surface area contributed by atoms with Crippen LogP contribution in [-0.2, 0) is 6.42 Å². The van der Waals surface area contributed by atoms with Crippen LogP contribution in [0.1, 0.15) is 18.1 Å². The lowest BCUT2D eigenvalue weighted by Gasteiger charge is -2.13. The van der Waals surface area contributed by atoms with E-state index in [9.17, 15) is 0 Å². The molecule has 28 heavy (non-hydrogen) atoms. The Bertz CT molecular complexity index is 1170. The van der Waals surface area contributed by atoms with Crippen LogP contribution in [0.5, 0.6) is 5.88 Å². The summed E-state index contributed by atoms with van der Waals surface area (Å²) in [5.41, 5.74) is 4.42. The van der Waals surface area contributed by atoms with Crippen molar-refractivity contribution in [2.45, 2.75) is 25.2 Å². The van der Waals surface area contributed by atoms with E-state index in [0.717, 1.165) is 40.7 Å². The Hall–Kier alpha value is -2.37. The van der Waals surface area contributed by atoms with Crippen LogP contribution in [0.4, 0.5) is 0 Å². The van der Waals surface area contributed by atoms with Crippen LogP contribution in [0, 0.1) is 6.92 Å². The van der Waals surface area contributed by atoms with Crippen LogP contribution in [0.25, 0.3) is 32.0 Å². The minimum absolute atomic E-state index is 0.600. The van der Waals surface area contributed by atoms with E-state index in [1.54, 1.807) is 0 Å². The molecule has 0 saturated heterocycles. The van der Waals surface area contributed by atoms with Gasteiger partial charge >= 0.3 is 0 Å². The van der Waals surface area contributed by atoms with Crippen molar-refractivity contribution in [3.63, 3.8) is 0 Å². The quantitative estimate of drug-likeness (QED) is 0.397. The molecule has 1 aliphatic rings. The van der Waals surface area contributed by atoms with Gasteiger partial charge in [0.1, 0.15) is 0 Å². The third-order valence-corrected chi connectivity index (χ3v) is 7.35. The van der Waals surface area contributed by atoms with Gasteiger partial charge in [-0.1, -0.05) is 48.0 Å². The molecule has 0 saturated carbocycles. The molecule has 1 aliphatic heterocycles. The Kier molecular flexibility index (Phi) is 4.57. The molecule has 2 aromatic heterocycles. The van der Waals surface area contributed by atoms with Crippen molar-refractivity contribution in [2.75, 3.05) is 12.4 Å². The largest absolute Gasteiger partial charge is 0.478 e. The van der Waals surface area contributed by atoms with Crippen LogP contribution in [0.15, 0.2) is 53.4 Å². The third kappa shape index (κ3) is 2.99. The molecule has 0 N–H and O–H groups in total. The minimum atomic E-state index is 0.600. The number of ether oxygens (including phenoxy) is 1. The van der Waals surface area contributed by atoms with E-state index in [4.69, 9.17) is 14.7 Å². The first-order valence-electron chi connectivity index (χ1n) is 9.50. The van der Waals surface area contributed by atoms with Crippen LogP contribution in [0.3, 0.4) is 0 Å². The van der Waals surface area contributed by atoms with Crippen LogP contribution in [-0.4, -0.2) is 22.3 Å². The number of hydrogen-bond acceptors (Lipinski definition) is 5. The first kappa shape index (κ1) is 17.7. The summed E-state index contributed by atoms with van der Waals surface area (Å²) < 4.78 is 7.29. The average molecular weight is 405 g/mol. The summed E-state index contributed by atoms with van der Waals surface area (Å²) in [7, 11) is 0. The summed E-state index contributed by atoms with van der Waals surface area (Å²) in [6.45, 7) is 4.70. The predicted octanol–water partition coefficient (Wildman–Crippen LogP) is 6.38. The Balaban J connectivity index is 1.77. The van der Waals surface area contributed by atoms with Gasteiger partial charge in [-0.3, -0.25) is 0 Å². The van der Waals surface area contributed by atoms with E-state index in [1.165, 1.54) is 25.4 Å². The minimum Gasteiger partial charge on any atom is -0.478 e. The van der Waals surface area contributed by atoms with Crippen molar-refractivity contribution in [1.29, 1.82) is 0 Å². The third-order valence-electron chi connectivity index (χ3n) is 4.92. The summed E-state index contributed by atoms with van der Waals surface area (Å²) >= 11 is 3.74. The van der Waals surface area contributed by atoms with Crippen molar-refractivity contribution >= 4 is 33.2 Å². The number of fused-ring (bicyclic) bond motifs is 5. The second-order valence-corrected chi connectivity index (χ2v) is 8.99. The number of benzene rings is 2. The zero-order valence-corrected chi connectivity index (χ0v) is 17.5. The SMILES string of the molecule is CCOc1nc(-c2ccc(C)cc2)nc2c1CCSc1c-2sc2ccccc12. The van der Waals surface area contributed by atoms with Crippen LogP contribution < -0.4 is 4.74 Å². The van der Waals surface area contributed by atoms with Gasteiger partial charge in [0, 0.05) is 31.9 Å². The van der Waals surface area contributed by atoms with Crippen molar-refractivity contribution in [2.24, 2.45) is 0 Å². The fourth-order valence-electron chi connectivity index (χ4n) is 3.54.